The standard InChI is InChI=1S/C29H31FN4O3S/c1-32-15-17-33(18-16-32)14-6-13-31-28(35)21-11-12-27-25(19-21)34(20-22-7-2-4-9-24(22)30)29(36)23-8-3-5-10-26(23)38(27)37/h2-5,7-12,19H,6,13-18,20H2,1H3,(H,31,35)/t38-/m1/s1. The lowest BCUT2D eigenvalue weighted by Gasteiger charge is -2.32. The lowest BCUT2D eigenvalue weighted by molar-refractivity contribution is 0.0946. The minimum atomic E-state index is -1.64. The van der Waals surface area contributed by atoms with Gasteiger partial charge in [0.1, 0.15) is 5.82 Å². The Balaban J connectivity index is 1.38. The fourth-order valence-corrected chi connectivity index (χ4v) is 6.18. The van der Waals surface area contributed by atoms with E-state index in [1.807, 2.05) is 0 Å². The van der Waals surface area contributed by atoms with Crippen LogP contribution in [0.1, 0.15) is 32.7 Å². The van der Waals surface area contributed by atoms with Crippen molar-refractivity contribution in [2.24, 2.45) is 0 Å². The summed E-state index contributed by atoms with van der Waals surface area (Å²) in [5, 5.41) is 2.97. The second kappa shape index (κ2) is 11.6. The Morgan fingerprint density at radius 1 is 0.974 bits per heavy atom. The van der Waals surface area contributed by atoms with Gasteiger partial charge in [-0.1, -0.05) is 30.3 Å². The van der Waals surface area contributed by atoms with Crippen molar-refractivity contribution in [1.29, 1.82) is 0 Å². The summed E-state index contributed by atoms with van der Waals surface area (Å²) in [6.45, 7) is 5.54. The maximum Gasteiger partial charge on any atom is 0.259 e. The highest BCUT2D eigenvalue weighted by Gasteiger charge is 2.32. The van der Waals surface area contributed by atoms with Gasteiger partial charge in [0.05, 0.1) is 38.4 Å². The molecule has 1 atom stereocenters. The number of carbonyl (C=O) groups is 2. The molecule has 2 heterocycles. The minimum absolute atomic E-state index is 0.0554. The third-order valence-corrected chi connectivity index (χ3v) is 8.59. The Hall–Kier alpha value is -3.40. The molecule has 0 aromatic heterocycles. The first kappa shape index (κ1) is 26.2. The summed E-state index contributed by atoms with van der Waals surface area (Å²) in [5.41, 5.74) is 1.33. The van der Waals surface area contributed by atoms with Crippen LogP contribution in [-0.4, -0.2) is 72.1 Å². The maximum atomic E-state index is 14.6. The van der Waals surface area contributed by atoms with E-state index in [9.17, 15) is 18.2 Å². The molecule has 0 unspecified atom stereocenters. The number of benzene rings is 3. The second-order valence-corrected chi connectivity index (χ2v) is 11.1. The van der Waals surface area contributed by atoms with Gasteiger partial charge in [-0.2, -0.15) is 0 Å². The first-order valence-corrected chi connectivity index (χ1v) is 14.0. The van der Waals surface area contributed by atoms with Gasteiger partial charge < -0.3 is 20.0 Å². The Bertz CT molecular complexity index is 1370. The number of carbonyl (C=O) groups excluding carboxylic acids is 2. The van der Waals surface area contributed by atoms with Crippen LogP contribution < -0.4 is 10.2 Å². The Morgan fingerprint density at radius 2 is 1.71 bits per heavy atom. The van der Waals surface area contributed by atoms with Gasteiger partial charge in [0, 0.05) is 43.9 Å². The smallest absolute Gasteiger partial charge is 0.259 e. The highest BCUT2D eigenvalue weighted by atomic mass is 32.2. The summed E-state index contributed by atoms with van der Waals surface area (Å²) >= 11 is 0. The number of nitrogens with one attached hydrogen (secondary N) is 1. The number of piperazine rings is 1. The van der Waals surface area contributed by atoms with Crippen molar-refractivity contribution in [2.75, 3.05) is 51.2 Å². The van der Waals surface area contributed by atoms with E-state index in [1.165, 1.54) is 11.0 Å². The predicted octanol–water partition coefficient (Wildman–Crippen LogP) is 3.52. The molecule has 1 fully saturated rings. The van der Waals surface area contributed by atoms with Crippen LogP contribution in [0.2, 0.25) is 0 Å². The normalized spacial score (nSPS) is 18.0. The van der Waals surface area contributed by atoms with Crippen LogP contribution in [0.3, 0.4) is 0 Å². The van der Waals surface area contributed by atoms with Gasteiger partial charge in [-0.05, 0) is 56.4 Å². The number of halogens is 1. The van der Waals surface area contributed by atoms with Crippen LogP contribution in [0.25, 0.3) is 0 Å². The third-order valence-electron chi connectivity index (χ3n) is 7.09. The highest BCUT2D eigenvalue weighted by molar-refractivity contribution is 7.85. The molecule has 3 aromatic carbocycles. The molecular formula is C29H31FN4O3S. The van der Waals surface area contributed by atoms with Crippen molar-refractivity contribution < 1.29 is 18.2 Å². The Kier molecular flexibility index (Phi) is 7.97. The number of likely N-dealkylation sites (N-methyl/N-ethyl adjacent to an activating group) is 1. The van der Waals surface area contributed by atoms with Crippen LogP contribution in [0.4, 0.5) is 10.1 Å². The van der Waals surface area contributed by atoms with Crippen LogP contribution in [0, 0.1) is 5.82 Å². The molecule has 2 aliphatic heterocycles. The molecule has 0 aliphatic carbocycles. The fourth-order valence-electron chi connectivity index (χ4n) is 4.84. The summed E-state index contributed by atoms with van der Waals surface area (Å²) in [7, 11) is 0.479. The van der Waals surface area contributed by atoms with Crippen molar-refractivity contribution in [1.82, 2.24) is 15.1 Å². The molecule has 2 aliphatic rings. The number of fused-ring (bicyclic) bond motifs is 2. The molecule has 198 valence electrons. The van der Waals surface area contributed by atoms with Crippen molar-refractivity contribution in [3.63, 3.8) is 0 Å². The number of rotatable bonds is 7. The molecule has 3 aromatic rings. The molecule has 5 rings (SSSR count). The number of nitrogens with zero attached hydrogens (tertiary/aromatic N) is 3. The average molecular weight is 535 g/mol. The molecule has 9 heteroatoms. The van der Waals surface area contributed by atoms with Gasteiger partial charge in [0.25, 0.3) is 11.8 Å². The minimum Gasteiger partial charge on any atom is -0.352 e. The van der Waals surface area contributed by atoms with E-state index >= 15 is 0 Å². The molecule has 7 nitrogen and oxygen atoms in total. The van der Waals surface area contributed by atoms with Crippen molar-refractivity contribution in [3.05, 3.63) is 89.2 Å². The molecule has 38 heavy (non-hydrogen) atoms. The van der Waals surface area contributed by atoms with Gasteiger partial charge >= 0.3 is 0 Å². The largest absolute Gasteiger partial charge is 0.352 e. The van der Waals surface area contributed by atoms with E-state index in [1.54, 1.807) is 60.7 Å². The summed E-state index contributed by atoms with van der Waals surface area (Å²) in [6, 6.07) is 17.9. The first-order chi connectivity index (χ1) is 18.4. The van der Waals surface area contributed by atoms with Crippen LogP contribution in [-0.2, 0) is 17.3 Å². The van der Waals surface area contributed by atoms with E-state index in [4.69, 9.17) is 0 Å². The second-order valence-electron chi connectivity index (χ2n) is 9.68. The van der Waals surface area contributed by atoms with Gasteiger partial charge in [0.2, 0.25) is 0 Å². The lowest BCUT2D eigenvalue weighted by Crippen LogP contribution is -2.45. The number of anilines is 1. The van der Waals surface area contributed by atoms with E-state index < -0.39 is 16.6 Å². The summed E-state index contributed by atoms with van der Waals surface area (Å²) in [5.74, 6) is -1.09. The monoisotopic (exact) mass is 534 g/mol. The predicted molar refractivity (Wildman–Crippen MR) is 145 cm³/mol. The Morgan fingerprint density at radius 3 is 2.50 bits per heavy atom. The van der Waals surface area contributed by atoms with Gasteiger partial charge in [-0.15, -0.1) is 0 Å². The molecule has 0 bridgehead atoms. The summed E-state index contributed by atoms with van der Waals surface area (Å²) in [6.07, 6.45) is 0.831. The van der Waals surface area contributed by atoms with E-state index in [-0.39, 0.29) is 18.4 Å². The van der Waals surface area contributed by atoms with E-state index in [0.29, 0.717) is 38.7 Å². The first-order valence-electron chi connectivity index (χ1n) is 12.8. The molecule has 0 spiro atoms. The van der Waals surface area contributed by atoms with Crippen molar-refractivity contribution in [3.8, 4) is 0 Å². The van der Waals surface area contributed by atoms with Crippen molar-refractivity contribution >= 4 is 28.3 Å². The summed E-state index contributed by atoms with van der Waals surface area (Å²) < 4.78 is 28.1. The maximum absolute atomic E-state index is 14.6. The zero-order valence-corrected chi connectivity index (χ0v) is 22.2. The third kappa shape index (κ3) is 5.55. The molecule has 2 amide bonds. The molecule has 0 radical (unpaired) electrons. The Labute approximate surface area is 224 Å². The molecule has 0 saturated carbocycles. The van der Waals surface area contributed by atoms with E-state index in [2.05, 4.69) is 22.2 Å². The fraction of sp³-hybridized carbons (Fsp3) is 0.310. The van der Waals surface area contributed by atoms with E-state index in [0.717, 1.165) is 39.1 Å². The summed E-state index contributed by atoms with van der Waals surface area (Å²) in [4.78, 5) is 33.7. The highest BCUT2D eigenvalue weighted by Crippen LogP contribution is 2.36. The molecule has 1 N–H and O–H groups in total. The van der Waals surface area contributed by atoms with Gasteiger partial charge in [0.15, 0.2) is 0 Å². The number of amides is 2. The van der Waals surface area contributed by atoms with Crippen LogP contribution >= 0.6 is 0 Å². The number of hydrogen-bond acceptors (Lipinski definition) is 5. The van der Waals surface area contributed by atoms with Crippen molar-refractivity contribution in [2.45, 2.75) is 22.8 Å². The molecule has 1 saturated heterocycles. The zero-order chi connectivity index (χ0) is 26.6. The van der Waals surface area contributed by atoms with Gasteiger partial charge in [-0.25, -0.2) is 8.60 Å². The van der Waals surface area contributed by atoms with Crippen LogP contribution in [0.5, 0.6) is 0 Å². The molecular weight excluding hydrogens is 503 g/mol. The lowest BCUT2D eigenvalue weighted by atomic mass is 10.1. The number of hydrogen-bond donors (Lipinski definition) is 1. The van der Waals surface area contributed by atoms with Gasteiger partial charge in [-0.3, -0.25) is 9.59 Å². The van der Waals surface area contributed by atoms with Crippen LogP contribution in [0.15, 0.2) is 76.5 Å². The average Bonchev–Trinajstić information content (AvgIpc) is 3.02. The zero-order valence-electron chi connectivity index (χ0n) is 21.4. The SMILES string of the molecule is CN1CCN(CCCNC(=O)c2ccc3c(c2)N(Cc2ccccc2F)C(=O)c2ccccc2[S@]3=O)CC1. The topological polar surface area (TPSA) is 73.0 Å². The quantitative estimate of drug-likeness (QED) is 0.470.